The maximum absolute atomic E-state index is 11.7. The van der Waals surface area contributed by atoms with E-state index in [4.69, 9.17) is 0 Å². The van der Waals surface area contributed by atoms with Gasteiger partial charge in [-0.1, -0.05) is 19.9 Å². The second-order valence-corrected chi connectivity index (χ2v) is 5.06. The number of ketones is 1. The molecule has 1 aromatic rings. The normalized spacial score (nSPS) is 13.1. The van der Waals surface area contributed by atoms with E-state index in [1.165, 1.54) is 4.88 Å². The molecule has 0 aromatic carbocycles. The minimum absolute atomic E-state index is 0.191. The molecule has 84 valence electrons. The van der Waals surface area contributed by atoms with Crippen molar-refractivity contribution in [3.8, 4) is 0 Å². The minimum Gasteiger partial charge on any atom is -0.298 e. The zero-order chi connectivity index (χ0) is 11.3. The van der Waals surface area contributed by atoms with E-state index < -0.39 is 0 Å². The van der Waals surface area contributed by atoms with E-state index in [-0.39, 0.29) is 5.92 Å². The van der Waals surface area contributed by atoms with E-state index in [1.807, 2.05) is 20.0 Å². The van der Waals surface area contributed by atoms with Crippen LogP contribution in [0.1, 0.15) is 25.1 Å². The zero-order valence-electron chi connectivity index (χ0n) is 9.69. The maximum atomic E-state index is 11.7. The first-order chi connectivity index (χ1) is 7.13. The molecule has 0 bridgehead atoms. The molecule has 0 saturated heterocycles. The molecule has 0 saturated carbocycles. The summed E-state index contributed by atoms with van der Waals surface area (Å²) in [6.07, 6.45) is 0.936. The number of hydrogen-bond donors (Lipinski definition) is 0. The molecular formula is C12H19NOS. The van der Waals surface area contributed by atoms with E-state index in [0.717, 1.165) is 13.0 Å². The molecule has 1 atom stereocenters. The number of thiophene rings is 1. The van der Waals surface area contributed by atoms with Crippen LogP contribution >= 0.6 is 11.3 Å². The summed E-state index contributed by atoms with van der Waals surface area (Å²) in [7, 11) is 2.00. The Bertz CT molecular complexity index is 295. The lowest BCUT2D eigenvalue weighted by molar-refractivity contribution is -0.123. The SMILES string of the molecule is CCC(C)C(=O)CN(C)Cc1cccs1. The average Bonchev–Trinajstić information content (AvgIpc) is 2.68. The number of carbonyl (C=O) groups is 1. The van der Waals surface area contributed by atoms with Crippen molar-refractivity contribution < 1.29 is 4.79 Å². The van der Waals surface area contributed by atoms with Crippen LogP contribution in [0, 0.1) is 5.92 Å². The van der Waals surface area contributed by atoms with Crippen LogP contribution in [0.4, 0.5) is 0 Å². The number of Topliss-reactive ketones (excluding diaryl/α,β-unsaturated/α-hetero) is 1. The Morgan fingerprint density at radius 1 is 1.60 bits per heavy atom. The van der Waals surface area contributed by atoms with Gasteiger partial charge in [0.25, 0.3) is 0 Å². The van der Waals surface area contributed by atoms with Crippen molar-refractivity contribution >= 4 is 17.1 Å². The van der Waals surface area contributed by atoms with Crippen LogP contribution in [-0.2, 0) is 11.3 Å². The van der Waals surface area contributed by atoms with E-state index >= 15 is 0 Å². The molecule has 0 aliphatic rings. The summed E-state index contributed by atoms with van der Waals surface area (Å²) in [4.78, 5) is 15.1. The third-order valence-corrected chi connectivity index (χ3v) is 3.45. The van der Waals surface area contributed by atoms with Crippen LogP contribution in [0.3, 0.4) is 0 Å². The van der Waals surface area contributed by atoms with E-state index in [1.54, 1.807) is 11.3 Å². The highest BCUT2D eigenvalue weighted by atomic mass is 32.1. The van der Waals surface area contributed by atoms with Crippen LogP contribution in [0.5, 0.6) is 0 Å². The van der Waals surface area contributed by atoms with Crippen LogP contribution in [0.15, 0.2) is 17.5 Å². The van der Waals surface area contributed by atoms with Crippen LogP contribution in [0.2, 0.25) is 0 Å². The van der Waals surface area contributed by atoms with Gasteiger partial charge in [-0.05, 0) is 24.9 Å². The fourth-order valence-corrected chi connectivity index (χ4v) is 2.16. The fourth-order valence-electron chi connectivity index (χ4n) is 1.37. The quantitative estimate of drug-likeness (QED) is 0.742. The summed E-state index contributed by atoms with van der Waals surface area (Å²) in [5, 5.41) is 2.07. The summed E-state index contributed by atoms with van der Waals surface area (Å²) >= 11 is 1.74. The molecule has 0 radical (unpaired) electrons. The van der Waals surface area contributed by atoms with Gasteiger partial charge in [0.2, 0.25) is 0 Å². The topological polar surface area (TPSA) is 20.3 Å². The number of hydrogen-bond acceptors (Lipinski definition) is 3. The van der Waals surface area contributed by atoms with Gasteiger partial charge in [0.15, 0.2) is 0 Å². The highest BCUT2D eigenvalue weighted by molar-refractivity contribution is 7.09. The minimum atomic E-state index is 0.191. The lowest BCUT2D eigenvalue weighted by Gasteiger charge is -2.16. The van der Waals surface area contributed by atoms with Gasteiger partial charge >= 0.3 is 0 Å². The molecule has 0 amide bonds. The molecule has 0 N–H and O–H groups in total. The molecule has 2 nitrogen and oxygen atoms in total. The lowest BCUT2D eigenvalue weighted by Crippen LogP contribution is -2.28. The predicted molar refractivity (Wildman–Crippen MR) is 65.1 cm³/mol. The predicted octanol–water partition coefficient (Wildman–Crippen LogP) is 2.80. The van der Waals surface area contributed by atoms with Gasteiger partial charge in [-0.25, -0.2) is 0 Å². The molecule has 3 heteroatoms. The smallest absolute Gasteiger partial charge is 0.149 e. The Kier molecular flexibility index (Phi) is 4.99. The first kappa shape index (κ1) is 12.4. The van der Waals surface area contributed by atoms with Gasteiger partial charge in [0, 0.05) is 17.3 Å². The molecule has 1 heterocycles. The van der Waals surface area contributed by atoms with Crippen LogP contribution < -0.4 is 0 Å². The third-order valence-electron chi connectivity index (χ3n) is 2.59. The summed E-state index contributed by atoms with van der Waals surface area (Å²) < 4.78 is 0. The molecule has 1 rings (SSSR count). The number of nitrogens with zero attached hydrogens (tertiary/aromatic N) is 1. The molecule has 0 spiro atoms. The lowest BCUT2D eigenvalue weighted by atomic mass is 10.0. The molecule has 0 fully saturated rings. The van der Waals surface area contributed by atoms with Gasteiger partial charge in [-0.3, -0.25) is 9.69 Å². The number of likely N-dealkylation sites (N-methyl/N-ethyl adjacent to an activating group) is 1. The highest BCUT2D eigenvalue weighted by Crippen LogP contribution is 2.11. The largest absolute Gasteiger partial charge is 0.298 e. The van der Waals surface area contributed by atoms with Crippen molar-refractivity contribution in [2.24, 2.45) is 5.92 Å². The standard InChI is InChI=1S/C12H19NOS/c1-4-10(2)12(14)9-13(3)8-11-6-5-7-15-11/h5-7,10H,4,8-9H2,1-3H3. The molecule has 15 heavy (non-hydrogen) atoms. The molecule has 0 aliphatic carbocycles. The maximum Gasteiger partial charge on any atom is 0.149 e. The first-order valence-electron chi connectivity index (χ1n) is 5.37. The Balaban J connectivity index is 2.36. The van der Waals surface area contributed by atoms with Crippen molar-refractivity contribution in [2.75, 3.05) is 13.6 Å². The molecule has 1 unspecified atom stereocenters. The summed E-state index contributed by atoms with van der Waals surface area (Å²) in [6.45, 7) is 5.50. The molecule has 0 aliphatic heterocycles. The fraction of sp³-hybridized carbons (Fsp3) is 0.583. The summed E-state index contributed by atoms with van der Waals surface area (Å²) in [5.74, 6) is 0.535. The zero-order valence-corrected chi connectivity index (χ0v) is 10.5. The first-order valence-corrected chi connectivity index (χ1v) is 6.25. The van der Waals surface area contributed by atoms with Gasteiger partial charge in [-0.2, -0.15) is 0 Å². The Morgan fingerprint density at radius 2 is 2.33 bits per heavy atom. The van der Waals surface area contributed by atoms with Crippen molar-refractivity contribution in [2.45, 2.75) is 26.8 Å². The Labute approximate surface area is 95.9 Å². The van der Waals surface area contributed by atoms with Gasteiger partial charge in [0.05, 0.1) is 6.54 Å². The van der Waals surface area contributed by atoms with Gasteiger partial charge in [-0.15, -0.1) is 11.3 Å². The summed E-state index contributed by atoms with van der Waals surface area (Å²) in [6, 6.07) is 4.15. The van der Waals surface area contributed by atoms with E-state index in [2.05, 4.69) is 23.3 Å². The Hall–Kier alpha value is -0.670. The molecule has 1 aromatic heterocycles. The van der Waals surface area contributed by atoms with Crippen molar-refractivity contribution in [3.05, 3.63) is 22.4 Å². The monoisotopic (exact) mass is 225 g/mol. The highest BCUT2D eigenvalue weighted by Gasteiger charge is 2.13. The Morgan fingerprint density at radius 3 is 2.87 bits per heavy atom. The summed E-state index contributed by atoms with van der Waals surface area (Å²) in [5.41, 5.74) is 0. The van der Waals surface area contributed by atoms with Crippen molar-refractivity contribution in [1.82, 2.24) is 4.90 Å². The van der Waals surface area contributed by atoms with Crippen LogP contribution in [-0.4, -0.2) is 24.3 Å². The average molecular weight is 225 g/mol. The second kappa shape index (κ2) is 6.03. The second-order valence-electron chi connectivity index (χ2n) is 4.03. The van der Waals surface area contributed by atoms with E-state index in [0.29, 0.717) is 12.3 Å². The van der Waals surface area contributed by atoms with Gasteiger partial charge in [0.1, 0.15) is 5.78 Å². The van der Waals surface area contributed by atoms with E-state index in [9.17, 15) is 4.79 Å². The molecular weight excluding hydrogens is 206 g/mol. The van der Waals surface area contributed by atoms with Crippen molar-refractivity contribution in [1.29, 1.82) is 0 Å². The number of rotatable bonds is 6. The van der Waals surface area contributed by atoms with Crippen LogP contribution in [0.25, 0.3) is 0 Å². The van der Waals surface area contributed by atoms with Crippen molar-refractivity contribution in [3.63, 3.8) is 0 Å². The number of carbonyl (C=O) groups excluding carboxylic acids is 1. The third kappa shape index (κ3) is 4.14. The van der Waals surface area contributed by atoms with Gasteiger partial charge < -0.3 is 0 Å².